The summed E-state index contributed by atoms with van der Waals surface area (Å²) in [7, 11) is 0. The van der Waals surface area contributed by atoms with E-state index in [9.17, 15) is 4.79 Å². The van der Waals surface area contributed by atoms with E-state index in [1.165, 1.54) is 0 Å². The molecule has 0 aliphatic carbocycles. The van der Waals surface area contributed by atoms with Gasteiger partial charge in [0.2, 0.25) is 5.89 Å². The monoisotopic (exact) mass is 389 g/mol. The highest BCUT2D eigenvalue weighted by Crippen LogP contribution is 2.30. The maximum atomic E-state index is 12.1. The van der Waals surface area contributed by atoms with Gasteiger partial charge in [-0.2, -0.15) is 0 Å². The van der Waals surface area contributed by atoms with Crippen molar-refractivity contribution in [3.05, 3.63) is 78.3 Å². The number of nitrogens with zero attached hydrogens (tertiary/aromatic N) is 2. The normalized spacial score (nSPS) is 10.7. The number of para-hydroxylation sites is 1. The fourth-order valence-electron chi connectivity index (χ4n) is 2.76. The van der Waals surface area contributed by atoms with Crippen LogP contribution in [0, 0.1) is 6.92 Å². The second kappa shape index (κ2) is 8.43. The number of amides is 1. The molecule has 4 rings (SSSR count). The molecule has 0 saturated heterocycles. The molecule has 1 N–H and O–H groups in total. The zero-order valence-corrected chi connectivity index (χ0v) is 15.8. The quantitative estimate of drug-likeness (QED) is 0.514. The fraction of sp³-hybridized carbons (Fsp3) is 0.136. The van der Waals surface area contributed by atoms with Crippen molar-refractivity contribution in [2.45, 2.75) is 13.5 Å². The SMILES string of the molecule is Cc1ccc(CNC(=O)COc2ccccc2-c2nnc(-c3ccccc3)o2)o1. The molecule has 2 aromatic heterocycles. The lowest BCUT2D eigenvalue weighted by atomic mass is 10.2. The second-order valence-electron chi connectivity index (χ2n) is 6.35. The molecule has 0 spiro atoms. The van der Waals surface area contributed by atoms with Crippen molar-refractivity contribution in [1.82, 2.24) is 15.5 Å². The summed E-state index contributed by atoms with van der Waals surface area (Å²) >= 11 is 0. The van der Waals surface area contributed by atoms with Crippen molar-refractivity contribution >= 4 is 5.91 Å². The number of furan rings is 1. The molecule has 0 atom stereocenters. The molecular weight excluding hydrogens is 370 g/mol. The van der Waals surface area contributed by atoms with E-state index in [-0.39, 0.29) is 12.5 Å². The molecule has 0 radical (unpaired) electrons. The van der Waals surface area contributed by atoms with E-state index in [0.29, 0.717) is 35.4 Å². The number of ether oxygens (including phenoxy) is 1. The zero-order valence-electron chi connectivity index (χ0n) is 15.8. The van der Waals surface area contributed by atoms with E-state index in [4.69, 9.17) is 13.6 Å². The van der Waals surface area contributed by atoms with Gasteiger partial charge in [0.1, 0.15) is 17.3 Å². The maximum Gasteiger partial charge on any atom is 0.258 e. The molecule has 2 aromatic carbocycles. The van der Waals surface area contributed by atoms with Gasteiger partial charge < -0.3 is 18.9 Å². The van der Waals surface area contributed by atoms with E-state index >= 15 is 0 Å². The molecular formula is C22H19N3O4. The van der Waals surface area contributed by atoms with Crippen LogP contribution < -0.4 is 10.1 Å². The summed E-state index contributed by atoms with van der Waals surface area (Å²) in [5, 5.41) is 11.0. The summed E-state index contributed by atoms with van der Waals surface area (Å²) in [4.78, 5) is 12.1. The summed E-state index contributed by atoms with van der Waals surface area (Å²) in [6, 6.07) is 20.4. The average Bonchev–Trinajstić information content (AvgIpc) is 3.41. The van der Waals surface area contributed by atoms with Gasteiger partial charge in [0.25, 0.3) is 11.8 Å². The molecule has 146 valence electrons. The first-order valence-electron chi connectivity index (χ1n) is 9.12. The van der Waals surface area contributed by atoms with Gasteiger partial charge in [-0.25, -0.2) is 0 Å². The molecule has 7 heteroatoms. The minimum Gasteiger partial charge on any atom is -0.483 e. The van der Waals surface area contributed by atoms with Crippen molar-refractivity contribution < 1.29 is 18.4 Å². The van der Waals surface area contributed by atoms with Gasteiger partial charge in [-0.3, -0.25) is 4.79 Å². The van der Waals surface area contributed by atoms with Crippen LogP contribution in [0.25, 0.3) is 22.9 Å². The Morgan fingerprint density at radius 3 is 2.48 bits per heavy atom. The van der Waals surface area contributed by atoms with Gasteiger partial charge in [0.05, 0.1) is 12.1 Å². The summed E-state index contributed by atoms with van der Waals surface area (Å²) in [6.07, 6.45) is 0. The van der Waals surface area contributed by atoms with Crippen LogP contribution in [0.5, 0.6) is 5.75 Å². The Bertz CT molecular complexity index is 1100. The minimum atomic E-state index is -0.260. The van der Waals surface area contributed by atoms with Crippen molar-refractivity contribution in [2.24, 2.45) is 0 Å². The van der Waals surface area contributed by atoms with Gasteiger partial charge in [-0.1, -0.05) is 30.3 Å². The number of nitrogens with one attached hydrogen (secondary N) is 1. The molecule has 0 aliphatic rings. The van der Waals surface area contributed by atoms with Crippen molar-refractivity contribution in [2.75, 3.05) is 6.61 Å². The van der Waals surface area contributed by atoms with Crippen molar-refractivity contribution in [1.29, 1.82) is 0 Å². The molecule has 0 bridgehead atoms. The lowest BCUT2D eigenvalue weighted by molar-refractivity contribution is -0.123. The molecule has 0 aliphatic heterocycles. The standard InChI is InChI=1S/C22H19N3O4/c1-15-11-12-17(28-15)13-23-20(26)14-27-19-10-6-5-9-18(19)22-25-24-21(29-22)16-7-3-2-4-8-16/h2-12H,13-14H2,1H3,(H,23,26). The molecule has 1 amide bonds. The molecule has 0 fully saturated rings. The van der Waals surface area contributed by atoms with Crippen LogP contribution in [-0.2, 0) is 11.3 Å². The van der Waals surface area contributed by atoms with E-state index in [1.807, 2.05) is 61.5 Å². The lowest BCUT2D eigenvalue weighted by Crippen LogP contribution is -2.28. The van der Waals surface area contributed by atoms with Crippen LogP contribution in [0.2, 0.25) is 0 Å². The predicted molar refractivity (Wildman–Crippen MR) is 106 cm³/mol. The van der Waals surface area contributed by atoms with Crippen LogP contribution >= 0.6 is 0 Å². The maximum absolute atomic E-state index is 12.1. The number of aromatic nitrogens is 2. The first-order chi connectivity index (χ1) is 14.2. The number of rotatable bonds is 7. The Morgan fingerprint density at radius 2 is 1.69 bits per heavy atom. The summed E-state index contributed by atoms with van der Waals surface area (Å²) in [5.74, 6) is 2.46. The molecule has 4 aromatic rings. The Morgan fingerprint density at radius 1 is 0.931 bits per heavy atom. The second-order valence-corrected chi connectivity index (χ2v) is 6.35. The number of hydrogen-bond acceptors (Lipinski definition) is 6. The van der Waals surface area contributed by atoms with Gasteiger partial charge >= 0.3 is 0 Å². The third-order valence-corrected chi connectivity index (χ3v) is 4.18. The number of carbonyl (C=O) groups excluding carboxylic acids is 1. The highest BCUT2D eigenvalue weighted by Gasteiger charge is 2.15. The van der Waals surface area contributed by atoms with Gasteiger partial charge in [0.15, 0.2) is 6.61 Å². The highest BCUT2D eigenvalue weighted by molar-refractivity contribution is 5.77. The van der Waals surface area contributed by atoms with Crippen LogP contribution in [0.1, 0.15) is 11.5 Å². The Balaban J connectivity index is 1.42. The Kier molecular flexibility index (Phi) is 5.38. The number of carbonyl (C=O) groups is 1. The third kappa shape index (κ3) is 4.52. The third-order valence-electron chi connectivity index (χ3n) is 4.18. The first-order valence-corrected chi connectivity index (χ1v) is 9.12. The van der Waals surface area contributed by atoms with Crippen LogP contribution in [0.3, 0.4) is 0 Å². The lowest BCUT2D eigenvalue weighted by Gasteiger charge is -2.09. The van der Waals surface area contributed by atoms with Gasteiger partial charge in [0, 0.05) is 5.56 Å². The summed E-state index contributed by atoms with van der Waals surface area (Å²) in [6.45, 7) is 2.02. The Hall–Kier alpha value is -3.87. The molecule has 7 nitrogen and oxygen atoms in total. The number of aryl methyl sites for hydroxylation is 1. The average molecular weight is 389 g/mol. The largest absolute Gasteiger partial charge is 0.483 e. The smallest absolute Gasteiger partial charge is 0.258 e. The molecule has 29 heavy (non-hydrogen) atoms. The molecule has 0 unspecified atom stereocenters. The first kappa shape index (κ1) is 18.5. The van der Waals surface area contributed by atoms with E-state index < -0.39 is 0 Å². The number of hydrogen-bond donors (Lipinski definition) is 1. The van der Waals surface area contributed by atoms with Gasteiger partial charge in [-0.05, 0) is 43.3 Å². The summed E-state index contributed by atoms with van der Waals surface area (Å²) in [5.41, 5.74) is 1.45. The van der Waals surface area contributed by atoms with Crippen molar-refractivity contribution in [3.63, 3.8) is 0 Å². The van der Waals surface area contributed by atoms with E-state index in [1.54, 1.807) is 12.1 Å². The van der Waals surface area contributed by atoms with E-state index in [2.05, 4.69) is 15.5 Å². The Labute approximate surface area is 167 Å². The predicted octanol–water partition coefficient (Wildman–Crippen LogP) is 4.00. The highest BCUT2D eigenvalue weighted by atomic mass is 16.5. The van der Waals surface area contributed by atoms with Crippen molar-refractivity contribution in [3.8, 4) is 28.7 Å². The topological polar surface area (TPSA) is 90.4 Å². The molecule has 0 saturated carbocycles. The minimum absolute atomic E-state index is 0.142. The van der Waals surface area contributed by atoms with Crippen LogP contribution in [-0.4, -0.2) is 22.7 Å². The van der Waals surface area contributed by atoms with E-state index in [0.717, 1.165) is 11.3 Å². The van der Waals surface area contributed by atoms with Gasteiger partial charge in [-0.15, -0.1) is 10.2 Å². The number of benzene rings is 2. The zero-order chi connectivity index (χ0) is 20.1. The summed E-state index contributed by atoms with van der Waals surface area (Å²) < 4.78 is 16.9. The van der Waals surface area contributed by atoms with Crippen LogP contribution in [0.15, 0.2) is 75.6 Å². The van der Waals surface area contributed by atoms with Crippen LogP contribution in [0.4, 0.5) is 0 Å². The molecule has 2 heterocycles. The fourth-order valence-corrected chi connectivity index (χ4v) is 2.76.